The van der Waals surface area contributed by atoms with E-state index < -0.39 is 10.8 Å². The highest BCUT2D eigenvalue weighted by Gasteiger charge is 2.22. The first-order valence-electron chi connectivity index (χ1n) is 3.80. The average Bonchev–Trinajstić information content (AvgIpc) is 2.02. The maximum atomic E-state index is 9.61. The Morgan fingerprint density at radius 1 is 1.31 bits per heavy atom. The zero-order valence-corrected chi connectivity index (χ0v) is 7.88. The summed E-state index contributed by atoms with van der Waals surface area (Å²) in [6.07, 6.45) is 0. The molecule has 0 unspecified atom stereocenters. The van der Waals surface area contributed by atoms with E-state index in [1.807, 2.05) is 6.07 Å². The Morgan fingerprint density at radius 2 is 2.00 bits per heavy atom. The molecule has 1 aliphatic rings. The maximum Gasteiger partial charge on any atom is 0.123 e. The van der Waals surface area contributed by atoms with Crippen molar-refractivity contribution in [2.24, 2.45) is 4.40 Å². The fraction of sp³-hybridized carbons (Fsp3) is 0.125. The number of fused-ring (bicyclic) bond motifs is 1. The lowest BCUT2D eigenvalue weighted by Gasteiger charge is -2.33. The molecule has 0 aromatic heterocycles. The van der Waals surface area contributed by atoms with Crippen molar-refractivity contribution < 1.29 is 9.11 Å². The molecule has 0 saturated carbocycles. The first-order valence-corrected chi connectivity index (χ1v) is 5.31. The molecule has 0 atom stereocenters. The summed E-state index contributed by atoms with van der Waals surface area (Å²) in [7, 11) is -2.97. The van der Waals surface area contributed by atoms with Gasteiger partial charge in [-0.3, -0.25) is 9.11 Å². The number of anilines is 1. The summed E-state index contributed by atoms with van der Waals surface area (Å²) < 4.78 is 23.0. The molecular weight excluding hydrogens is 188 g/mol. The van der Waals surface area contributed by atoms with Gasteiger partial charge < -0.3 is 5.32 Å². The monoisotopic (exact) mass is 198 g/mol. The zero-order valence-electron chi connectivity index (χ0n) is 7.06. The number of nitrogens with zero attached hydrogens (tertiary/aromatic N) is 1. The van der Waals surface area contributed by atoms with E-state index >= 15 is 0 Å². The van der Waals surface area contributed by atoms with Crippen molar-refractivity contribution in [2.45, 2.75) is 11.8 Å². The quantitative estimate of drug-likeness (QED) is 0.600. The Hall–Kier alpha value is -1.04. The summed E-state index contributed by atoms with van der Waals surface area (Å²) in [6.45, 7) is 1.70. The predicted octanol–water partition coefficient (Wildman–Crippen LogP) is 2.56. The summed E-state index contributed by atoms with van der Waals surface area (Å²) in [5.74, 6) is 0.527. The minimum atomic E-state index is -2.97. The topological polar surface area (TPSA) is 64.9 Å². The zero-order chi connectivity index (χ0) is 9.47. The van der Waals surface area contributed by atoms with Gasteiger partial charge >= 0.3 is 0 Å². The van der Waals surface area contributed by atoms with Crippen LogP contribution in [0.25, 0.3) is 0 Å². The largest absolute Gasteiger partial charge is 0.341 e. The highest BCUT2D eigenvalue weighted by Crippen LogP contribution is 2.54. The van der Waals surface area contributed by atoms with E-state index in [4.69, 9.17) is 0 Å². The van der Waals surface area contributed by atoms with E-state index in [1.54, 1.807) is 25.1 Å². The van der Waals surface area contributed by atoms with E-state index in [9.17, 15) is 9.11 Å². The third kappa shape index (κ3) is 1.41. The second kappa shape index (κ2) is 2.73. The van der Waals surface area contributed by atoms with Crippen LogP contribution in [0, 0.1) is 0 Å². The molecule has 0 spiro atoms. The highest BCUT2D eigenvalue weighted by atomic mass is 32.3. The number of para-hydroxylation sites is 1. The van der Waals surface area contributed by atoms with Crippen LogP contribution in [0.4, 0.5) is 5.69 Å². The van der Waals surface area contributed by atoms with Gasteiger partial charge in [0.15, 0.2) is 0 Å². The van der Waals surface area contributed by atoms with Gasteiger partial charge in [0, 0.05) is 0 Å². The molecule has 0 radical (unpaired) electrons. The molecule has 5 heteroatoms. The SMILES string of the molecule is CC1=NS(O)(O)c2ccccc2N1. The number of rotatable bonds is 0. The maximum absolute atomic E-state index is 9.61. The summed E-state index contributed by atoms with van der Waals surface area (Å²) in [5.41, 5.74) is 0.718. The molecule has 13 heavy (non-hydrogen) atoms. The Balaban J connectivity index is 2.58. The van der Waals surface area contributed by atoms with Gasteiger partial charge in [0.1, 0.15) is 10.7 Å². The van der Waals surface area contributed by atoms with Crippen LogP contribution in [0.3, 0.4) is 0 Å². The molecule has 0 amide bonds. The molecule has 0 saturated heterocycles. The smallest absolute Gasteiger partial charge is 0.123 e. The first kappa shape index (κ1) is 8.55. The van der Waals surface area contributed by atoms with E-state index in [0.717, 1.165) is 5.69 Å². The second-order valence-electron chi connectivity index (χ2n) is 2.82. The normalized spacial score (nSPS) is 21.0. The van der Waals surface area contributed by atoms with Gasteiger partial charge in [-0.25, -0.2) is 0 Å². The van der Waals surface area contributed by atoms with Gasteiger partial charge in [-0.2, -0.15) is 0 Å². The molecule has 0 aliphatic carbocycles. The van der Waals surface area contributed by atoms with Gasteiger partial charge in [-0.05, 0) is 19.1 Å². The van der Waals surface area contributed by atoms with Crippen molar-refractivity contribution >= 4 is 22.3 Å². The molecule has 1 aromatic rings. The molecule has 0 fully saturated rings. The van der Waals surface area contributed by atoms with Crippen molar-refractivity contribution in [3.8, 4) is 0 Å². The summed E-state index contributed by atoms with van der Waals surface area (Å²) in [6, 6.07) is 7.04. The van der Waals surface area contributed by atoms with Crippen molar-refractivity contribution in [3.05, 3.63) is 24.3 Å². The van der Waals surface area contributed by atoms with Crippen LogP contribution >= 0.6 is 10.8 Å². The number of nitrogens with one attached hydrogen (secondary N) is 1. The van der Waals surface area contributed by atoms with Gasteiger partial charge in [0.05, 0.1) is 5.69 Å². The molecule has 1 aliphatic heterocycles. The predicted molar refractivity (Wildman–Crippen MR) is 54.3 cm³/mol. The summed E-state index contributed by atoms with van der Waals surface area (Å²) in [4.78, 5) is 0.459. The van der Waals surface area contributed by atoms with Gasteiger partial charge in [-0.15, -0.1) is 4.40 Å². The van der Waals surface area contributed by atoms with Crippen molar-refractivity contribution in [3.63, 3.8) is 0 Å². The van der Waals surface area contributed by atoms with Gasteiger partial charge in [0.25, 0.3) is 0 Å². The average molecular weight is 198 g/mol. The first-order chi connectivity index (χ1) is 6.09. The van der Waals surface area contributed by atoms with Crippen molar-refractivity contribution in [1.82, 2.24) is 0 Å². The minimum Gasteiger partial charge on any atom is -0.341 e. The third-order valence-electron chi connectivity index (χ3n) is 1.76. The van der Waals surface area contributed by atoms with Crippen LogP contribution in [-0.2, 0) is 0 Å². The number of hydrogen-bond acceptors (Lipinski definition) is 4. The lowest BCUT2D eigenvalue weighted by Crippen LogP contribution is -2.16. The van der Waals surface area contributed by atoms with Crippen LogP contribution in [0.1, 0.15) is 6.92 Å². The van der Waals surface area contributed by atoms with Crippen LogP contribution in [0.5, 0.6) is 0 Å². The van der Waals surface area contributed by atoms with Gasteiger partial charge in [-0.1, -0.05) is 22.9 Å². The standard InChI is InChI=1S/C8H10N2O2S/c1-6-9-7-4-2-3-5-8(7)13(11,12)10-6/h2-5,11-12H,1H3,(H,9,10). The lowest BCUT2D eigenvalue weighted by atomic mass is 10.3. The summed E-state index contributed by atoms with van der Waals surface area (Å²) >= 11 is 0. The van der Waals surface area contributed by atoms with E-state index in [2.05, 4.69) is 9.71 Å². The molecule has 0 bridgehead atoms. The number of hydrogen-bond donors (Lipinski definition) is 3. The van der Waals surface area contributed by atoms with Crippen LogP contribution in [0.15, 0.2) is 33.6 Å². The number of amidine groups is 1. The Labute approximate surface area is 77.8 Å². The Kier molecular flexibility index (Phi) is 1.80. The fourth-order valence-corrected chi connectivity index (χ4v) is 2.47. The molecule has 4 nitrogen and oxygen atoms in total. The number of benzene rings is 1. The molecular formula is C8H10N2O2S. The second-order valence-corrected chi connectivity index (χ2v) is 4.48. The fourth-order valence-electron chi connectivity index (χ4n) is 1.27. The van der Waals surface area contributed by atoms with E-state index in [-0.39, 0.29) is 0 Å². The summed E-state index contributed by atoms with van der Waals surface area (Å²) in [5, 5.41) is 2.97. The van der Waals surface area contributed by atoms with Crippen LogP contribution < -0.4 is 5.32 Å². The molecule has 70 valence electrons. The van der Waals surface area contributed by atoms with Crippen molar-refractivity contribution in [2.75, 3.05) is 5.32 Å². The molecule has 2 rings (SSSR count). The Bertz CT molecular complexity index is 376. The van der Waals surface area contributed by atoms with Crippen LogP contribution in [0.2, 0.25) is 0 Å². The minimum absolute atomic E-state index is 0.459. The molecule has 1 aromatic carbocycles. The Morgan fingerprint density at radius 3 is 2.77 bits per heavy atom. The van der Waals surface area contributed by atoms with Crippen molar-refractivity contribution in [1.29, 1.82) is 0 Å². The molecule has 1 heterocycles. The third-order valence-corrected chi connectivity index (χ3v) is 3.24. The van der Waals surface area contributed by atoms with E-state index in [0.29, 0.717) is 10.7 Å². The van der Waals surface area contributed by atoms with Gasteiger partial charge in [0.2, 0.25) is 0 Å². The van der Waals surface area contributed by atoms with E-state index in [1.165, 1.54) is 0 Å². The molecule has 3 N–H and O–H groups in total. The lowest BCUT2D eigenvalue weighted by molar-refractivity contribution is 0.489. The van der Waals surface area contributed by atoms with Crippen LogP contribution in [-0.4, -0.2) is 14.9 Å². The highest BCUT2D eigenvalue weighted by molar-refractivity contribution is 8.23.